The number of nitrogens with one attached hydrogen (secondary N) is 2. The van der Waals surface area contributed by atoms with Crippen LogP contribution in [0.25, 0.3) is 22.3 Å². The van der Waals surface area contributed by atoms with Crippen molar-refractivity contribution in [3.05, 3.63) is 86.4 Å². The summed E-state index contributed by atoms with van der Waals surface area (Å²) >= 11 is 3.51. The fraction of sp³-hybridized carbons (Fsp3) is 0.182. The Hall–Kier alpha value is -2.70. The highest BCUT2D eigenvalue weighted by molar-refractivity contribution is 9.10. The zero-order valence-corrected chi connectivity index (χ0v) is 16.8. The van der Waals surface area contributed by atoms with E-state index in [0.29, 0.717) is 12.4 Å². The highest BCUT2D eigenvalue weighted by Crippen LogP contribution is 2.25. The van der Waals surface area contributed by atoms with Gasteiger partial charge in [0.1, 0.15) is 5.82 Å². The van der Waals surface area contributed by atoms with E-state index in [9.17, 15) is 4.79 Å². The zero-order chi connectivity index (χ0) is 19.1. The van der Waals surface area contributed by atoms with Crippen LogP contribution in [0.2, 0.25) is 0 Å². The Bertz CT molecular complexity index is 1210. The molecule has 0 saturated heterocycles. The molecule has 3 heterocycles. The van der Waals surface area contributed by atoms with Crippen LogP contribution in [0.5, 0.6) is 0 Å². The van der Waals surface area contributed by atoms with E-state index in [2.05, 4.69) is 55.2 Å². The molecule has 0 unspecified atom stereocenters. The summed E-state index contributed by atoms with van der Waals surface area (Å²) in [7, 11) is 0. The fourth-order valence-electron chi connectivity index (χ4n) is 3.88. The smallest absolute Gasteiger partial charge is 0.255 e. The molecule has 0 radical (unpaired) electrons. The van der Waals surface area contributed by atoms with Gasteiger partial charge in [-0.25, -0.2) is 4.98 Å². The lowest BCUT2D eigenvalue weighted by molar-refractivity contribution is 0.242. The first-order valence-electron chi connectivity index (χ1n) is 9.33. The van der Waals surface area contributed by atoms with E-state index in [1.165, 1.54) is 10.9 Å². The normalized spacial score (nSPS) is 14.3. The Labute approximate surface area is 170 Å². The third-order valence-corrected chi connectivity index (χ3v) is 5.81. The number of fused-ring (bicyclic) bond motifs is 2. The topological polar surface area (TPSA) is 64.8 Å². The van der Waals surface area contributed by atoms with Crippen LogP contribution < -0.4 is 5.56 Å². The van der Waals surface area contributed by atoms with Crippen molar-refractivity contribution in [3.63, 3.8) is 0 Å². The van der Waals surface area contributed by atoms with Gasteiger partial charge in [0, 0.05) is 53.2 Å². The number of halogens is 1. The molecule has 140 valence electrons. The molecule has 5 nitrogen and oxygen atoms in total. The minimum atomic E-state index is -0.0311. The molecular weight excluding hydrogens is 416 g/mol. The van der Waals surface area contributed by atoms with E-state index >= 15 is 0 Å². The van der Waals surface area contributed by atoms with Crippen molar-refractivity contribution in [1.82, 2.24) is 19.9 Å². The van der Waals surface area contributed by atoms with Crippen molar-refractivity contribution in [2.45, 2.75) is 19.5 Å². The second-order valence-corrected chi connectivity index (χ2v) is 8.09. The molecular formula is C22H19BrN4O. The number of aromatic amines is 2. The molecule has 28 heavy (non-hydrogen) atoms. The number of hydrogen-bond donors (Lipinski definition) is 2. The maximum absolute atomic E-state index is 12.7. The van der Waals surface area contributed by atoms with Crippen LogP contribution in [0.15, 0.2) is 64.0 Å². The van der Waals surface area contributed by atoms with Crippen LogP contribution in [-0.4, -0.2) is 26.4 Å². The predicted octanol–water partition coefficient (Wildman–Crippen LogP) is 4.24. The summed E-state index contributed by atoms with van der Waals surface area (Å²) in [4.78, 5) is 26.1. The Morgan fingerprint density at radius 2 is 2.00 bits per heavy atom. The third-order valence-electron chi connectivity index (χ3n) is 5.32. The monoisotopic (exact) mass is 434 g/mol. The summed E-state index contributed by atoms with van der Waals surface area (Å²) in [6, 6.07) is 16.1. The van der Waals surface area contributed by atoms with Gasteiger partial charge in [-0.1, -0.05) is 52.3 Å². The van der Waals surface area contributed by atoms with Crippen LogP contribution in [0.3, 0.4) is 0 Å². The molecule has 4 aromatic rings. The molecule has 2 aromatic heterocycles. The van der Waals surface area contributed by atoms with Gasteiger partial charge in [0.15, 0.2) is 0 Å². The summed E-state index contributed by atoms with van der Waals surface area (Å²) in [6.07, 6.45) is 2.85. The summed E-state index contributed by atoms with van der Waals surface area (Å²) in [5.74, 6) is 0.653. The molecule has 0 atom stereocenters. The average molecular weight is 435 g/mol. The molecule has 1 aliphatic heterocycles. The van der Waals surface area contributed by atoms with Crippen LogP contribution >= 0.6 is 15.9 Å². The highest BCUT2D eigenvalue weighted by Gasteiger charge is 2.22. The highest BCUT2D eigenvalue weighted by atomic mass is 79.9. The Morgan fingerprint density at radius 3 is 2.86 bits per heavy atom. The maximum Gasteiger partial charge on any atom is 0.255 e. The largest absolute Gasteiger partial charge is 0.361 e. The van der Waals surface area contributed by atoms with Gasteiger partial charge in [0.2, 0.25) is 0 Å². The third kappa shape index (κ3) is 3.19. The van der Waals surface area contributed by atoms with Gasteiger partial charge in [-0.3, -0.25) is 9.69 Å². The summed E-state index contributed by atoms with van der Waals surface area (Å²) < 4.78 is 1.06. The van der Waals surface area contributed by atoms with Crippen molar-refractivity contribution in [2.24, 2.45) is 0 Å². The molecule has 0 fully saturated rings. The van der Waals surface area contributed by atoms with E-state index < -0.39 is 0 Å². The van der Waals surface area contributed by atoms with Crippen molar-refractivity contribution in [2.75, 3.05) is 6.54 Å². The number of H-pyrrole nitrogens is 2. The number of hydrogen-bond acceptors (Lipinski definition) is 3. The van der Waals surface area contributed by atoms with Gasteiger partial charge in [0.25, 0.3) is 5.56 Å². The molecule has 5 rings (SSSR count). The van der Waals surface area contributed by atoms with E-state index in [1.54, 1.807) is 0 Å². The van der Waals surface area contributed by atoms with E-state index in [0.717, 1.165) is 46.3 Å². The van der Waals surface area contributed by atoms with Crippen LogP contribution in [-0.2, 0) is 19.5 Å². The summed E-state index contributed by atoms with van der Waals surface area (Å²) in [5, 5.41) is 1.22. The zero-order valence-electron chi connectivity index (χ0n) is 15.2. The van der Waals surface area contributed by atoms with Gasteiger partial charge < -0.3 is 9.97 Å². The van der Waals surface area contributed by atoms with Gasteiger partial charge in [-0.2, -0.15) is 0 Å². The minimum absolute atomic E-state index is 0.0311. The van der Waals surface area contributed by atoms with Crippen molar-refractivity contribution in [3.8, 4) is 11.4 Å². The molecule has 0 amide bonds. The second kappa shape index (κ2) is 7.04. The Balaban J connectivity index is 1.41. The Morgan fingerprint density at radius 1 is 1.14 bits per heavy atom. The Kier molecular flexibility index (Phi) is 4.37. The van der Waals surface area contributed by atoms with Crippen LogP contribution in [0.1, 0.15) is 16.8 Å². The maximum atomic E-state index is 12.7. The molecule has 0 saturated carbocycles. The molecule has 6 heteroatoms. The van der Waals surface area contributed by atoms with Crippen LogP contribution in [0, 0.1) is 0 Å². The molecule has 0 aliphatic carbocycles. The lowest BCUT2D eigenvalue weighted by Gasteiger charge is -2.27. The summed E-state index contributed by atoms with van der Waals surface area (Å²) in [6.45, 7) is 2.32. The van der Waals surface area contributed by atoms with E-state index in [1.807, 2.05) is 30.3 Å². The first-order valence-corrected chi connectivity index (χ1v) is 10.1. The van der Waals surface area contributed by atoms with E-state index in [-0.39, 0.29) is 5.56 Å². The van der Waals surface area contributed by atoms with Gasteiger partial charge in [-0.15, -0.1) is 0 Å². The first-order chi connectivity index (χ1) is 13.7. The average Bonchev–Trinajstić information content (AvgIpc) is 3.10. The number of aromatic nitrogens is 3. The molecule has 2 N–H and O–H groups in total. The fourth-order valence-corrected chi connectivity index (χ4v) is 4.24. The predicted molar refractivity (Wildman–Crippen MR) is 114 cm³/mol. The number of rotatable bonds is 3. The van der Waals surface area contributed by atoms with Gasteiger partial charge in [0.05, 0.1) is 11.3 Å². The second-order valence-electron chi connectivity index (χ2n) is 7.17. The van der Waals surface area contributed by atoms with E-state index in [4.69, 9.17) is 4.98 Å². The molecule has 0 bridgehead atoms. The van der Waals surface area contributed by atoms with Gasteiger partial charge in [-0.05, 0) is 17.7 Å². The standard InChI is InChI=1S/C22H19BrN4O/c23-16-6-7-17-15(11-24-20(17)10-16)12-27-9-8-19-18(13-27)22(28)26-21(25-19)14-4-2-1-3-5-14/h1-7,10-11,24H,8-9,12-13H2,(H,25,26,28). The van der Waals surface area contributed by atoms with Crippen molar-refractivity contribution in [1.29, 1.82) is 0 Å². The number of benzene rings is 2. The lowest BCUT2D eigenvalue weighted by atomic mass is 10.1. The summed E-state index contributed by atoms with van der Waals surface area (Å²) in [5.41, 5.74) is 4.98. The lowest BCUT2D eigenvalue weighted by Crippen LogP contribution is -2.35. The van der Waals surface area contributed by atoms with Crippen LogP contribution in [0.4, 0.5) is 0 Å². The van der Waals surface area contributed by atoms with Crippen molar-refractivity contribution < 1.29 is 0 Å². The SMILES string of the molecule is O=c1[nH]c(-c2ccccc2)nc2c1CN(Cc1c[nH]c3cc(Br)ccc13)CC2. The minimum Gasteiger partial charge on any atom is -0.361 e. The molecule has 0 spiro atoms. The number of nitrogens with zero attached hydrogens (tertiary/aromatic N) is 2. The molecule has 1 aliphatic rings. The quantitative estimate of drug-likeness (QED) is 0.506. The van der Waals surface area contributed by atoms with Gasteiger partial charge >= 0.3 is 0 Å². The first kappa shape index (κ1) is 17.4. The van der Waals surface area contributed by atoms with Crippen molar-refractivity contribution >= 4 is 26.8 Å². The molecule has 2 aromatic carbocycles.